The highest BCUT2D eigenvalue weighted by Crippen LogP contribution is 2.42. The number of hydrogen-bond acceptors (Lipinski definition) is 7. The number of nitriles is 1. The van der Waals surface area contributed by atoms with Gasteiger partial charge in [-0.1, -0.05) is 60.2 Å². The van der Waals surface area contributed by atoms with E-state index in [9.17, 15) is 14.9 Å². The fourth-order valence-corrected chi connectivity index (χ4v) is 4.62. The minimum Gasteiger partial charge on any atom is -0.497 e. The zero-order valence-corrected chi connectivity index (χ0v) is 23.8. The molecule has 0 spiro atoms. The van der Waals surface area contributed by atoms with Crippen LogP contribution in [0.3, 0.4) is 0 Å². The van der Waals surface area contributed by atoms with Gasteiger partial charge >= 0.3 is 5.97 Å². The Morgan fingerprint density at radius 2 is 1.37 bits per heavy atom. The van der Waals surface area contributed by atoms with E-state index in [1.165, 1.54) is 0 Å². The predicted octanol–water partition coefficient (Wildman–Crippen LogP) is 7.27. The fraction of sp³-hybridized carbons (Fsp3) is 0.114. The molecule has 43 heavy (non-hydrogen) atoms. The van der Waals surface area contributed by atoms with Crippen molar-refractivity contribution in [1.29, 1.82) is 5.26 Å². The van der Waals surface area contributed by atoms with E-state index in [1.54, 1.807) is 74.9 Å². The van der Waals surface area contributed by atoms with Crippen molar-refractivity contribution in [2.75, 3.05) is 26.1 Å². The number of ether oxygens (including phenoxy) is 3. The summed E-state index contributed by atoms with van der Waals surface area (Å²) in [6.07, 6.45) is 0. The van der Waals surface area contributed by atoms with E-state index in [2.05, 4.69) is 11.4 Å². The lowest BCUT2D eigenvalue weighted by Gasteiger charge is -2.10. The maximum absolute atomic E-state index is 13.0. The third-order valence-corrected chi connectivity index (χ3v) is 6.85. The third-order valence-electron chi connectivity index (χ3n) is 6.85. The lowest BCUT2D eigenvalue weighted by atomic mass is 9.98. The van der Waals surface area contributed by atoms with Gasteiger partial charge in [-0.3, -0.25) is 10.1 Å². The molecule has 5 rings (SSSR count). The lowest BCUT2D eigenvalue weighted by molar-refractivity contribution is -0.119. The van der Waals surface area contributed by atoms with Gasteiger partial charge in [0.15, 0.2) is 6.61 Å². The SMILES string of the molecule is COc1ccc(-c2oc(NC(=O)COC(=O)c3ccccc3-c3ccc(C)cc3)c(C#N)c2-c2ccc(OC)cc2)cc1. The van der Waals surface area contributed by atoms with E-state index >= 15 is 0 Å². The molecule has 8 heteroatoms. The fourth-order valence-electron chi connectivity index (χ4n) is 4.62. The molecule has 5 aromatic rings. The van der Waals surface area contributed by atoms with E-state index < -0.39 is 18.5 Å². The van der Waals surface area contributed by atoms with Crippen LogP contribution in [-0.2, 0) is 9.53 Å². The van der Waals surface area contributed by atoms with Gasteiger partial charge in [-0.2, -0.15) is 5.26 Å². The van der Waals surface area contributed by atoms with Crippen LogP contribution in [0.15, 0.2) is 101 Å². The van der Waals surface area contributed by atoms with Crippen LogP contribution in [0.5, 0.6) is 11.5 Å². The Hall–Kier alpha value is -5.81. The molecule has 1 aromatic heterocycles. The minimum atomic E-state index is -0.658. The summed E-state index contributed by atoms with van der Waals surface area (Å²) in [6.45, 7) is 1.40. The van der Waals surface area contributed by atoms with Crippen molar-refractivity contribution in [3.63, 3.8) is 0 Å². The monoisotopic (exact) mass is 572 g/mol. The van der Waals surface area contributed by atoms with Crippen LogP contribution >= 0.6 is 0 Å². The molecule has 8 nitrogen and oxygen atoms in total. The molecule has 0 aliphatic heterocycles. The van der Waals surface area contributed by atoms with Gasteiger partial charge in [-0.15, -0.1) is 0 Å². The molecule has 0 unspecified atom stereocenters. The second-order valence-corrected chi connectivity index (χ2v) is 9.62. The van der Waals surface area contributed by atoms with Crippen LogP contribution < -0.4 is 14.8 Å². The van der Waals surface area contributed by atoms with Gasteiger partial charge in [0, 0.05) is 11.1 Å². The molecule has 4 aromatic carbocycles. The average Bonchev–Trinajstić information content (AvgIpc) is 3.41. The molecule has 0 aliphatic carbocycles. The number of methoxy groups -OCH3 is 2. The number of carbonyl (C=O) groups is 2. The van der Waals surface area contributed by atoms with Gasteiger partial charge in [-0.05, 0) is 66.1 Å². The number of esters is 1. The average molecular weight is 573 g/mol. The first-order valence-corrected chi connectivity index (χ1v) is 13.4. The number of rotatable bonds is 9. The zero-order chi connectivity index (χ0) is 30.3. The van der Waals surface area contributed by atoms with Gasteiger partial charge in [0.25, 0.3) is 5.91 Å². The first-order chi connectivity index (χ1) is 20.9. The molecule has 0 saturated heterocycles. The lowest BCUT2D eigenvalue weighted by Crippen LogP contribution is -2.21. The Morgan fingerprint density at radius 1 is 0.791 bits per heavy atom. The van der Waals surface area contributed by atoms with Crippen LogP contribution in [0.4, 0.5) is 5.88 Å². The Kier molecular flexibility index (Phi) is 8.54. The van der Waals surface area contributed by atoms with Crippen molar-refractivity contribution in [1.82, 2.24) is 0 Å². The highest BCUT2D eigenvalue weighted by Gasteiger charge is 2.25. The van der Waals surface area contributed by atoms with Crippen LogP contribution in [0.2, 0.25) is 0 Å². The molecule has 1 amide bonds. The Labute approximate surface area is 249 Å². The largest absolute Gasteiger partial charge is 0.497 e. The summed E-state index contributed by atoms with van der Waals surface area (Å²) < 4.78 is 22.0. The van der Waals surface area contributed by atoms with Crippen LogP contribution in [-0.4, -0.2) is 32.7 Å². The number of nitrogens with zero attached hydrogens (tertiary/aromatic N) is 1. The zero-order valence-electron chi connectivity index (χ0n) is 23.8. The number of carbonyl (C=O) groups excluding carboxylic acids is 2. The topological polar surface area (TPSA) is 111 Å². The second-order valence-electron chi connectivity index (χ2n) is 9.62. The van der Waals surface area contributed by atoms with Crippen LogP contribution in [0.25, 0.3) is 33.6 Å². The predicted molar refractivity (Wildman–Crippen MR) is 163 cm³/mol. The third kappa shape index (κ3) is 6.26. The number of amides is 1. The van der Waals surface area contributed by atoms with E-state index in [0.717, 1.165) is 11.1 Å². The van der Waals surface area contributed by atoms with E-state index in [1.807, 2.05) is 43.3 Å². The molecule has 214 valence electrons. The molecule has 0 atom stereocenters. The molecule has 0 radical (unpaired) electrons. The smallest absolute Gasteiger partial charge is 0.339 e. The van der Waals surface area contributed by atoms with Crippen molar-refractivity contribution in [3.05, 3.63) is 114 Å². The summed E-state index contributed by atoms with van der Waals surface area (Å²) in [5, 5.41) is 12.8. The summed E-state index contributed by atoms with van der Waals surface area (Å²) in [6, 6.07) is 31.3. The van der Waals surface area contributed by atoms with E-state index in [-0.39, 0.29) is 11.4 Å². The Bertz CT molecular complexity index is 1800. The number of aryl methyl sites for hydroxylation is 1. The molecule has 1 N–H and O–H groups in total. The molecule has 0 fully saturated rings. The van der Waals surface area contributed by atoms with Crippen molar-refractivity contribution >= 4 is 17.8 Å². The highest BCUT2D eigenvalue weighted by molar-refractivity contribution is 6.00. The minimum absolute atomic E-state index is 0.0553. The number of hydrogen-bond donors (Lipinski definition) is 1. The first-order valence-electron chi connectivity index (χ1n) is 13.4. The standard InChI is InChI=1S/C35H28N2O6/c1-22-8-10-23(11-9-22)28-6-4-5-7-29(28)35(39)42-21-31(38)37-34-30(20-36)32(24-12-16-26(40-2)17-13-24)33(43-34)25-14-18-27(41-3)19-15-25/h4-19H,21H2,1-3H3,(H,37,38). The summed E-state index contributed by atoms with van der Waals surface area (Å²) in [4.78, 5) is 26.0. The summed E-state index contributed by atoms with van der Waals surface area (Å²) in [7, 11) is 3.14. The number of furan rings is 1. The van der Waals surface area contributed by atoms with Gasteiger partial charge < -0.3 is 18.6 Å². The van der Waals surface area contributed by atoms with Crippen molar-refractivity contribution < 1.29 is 28.2 Å². The van der Waals surface area contributed by atoms with Crippen LogP contribution in [0.1, 0.15) is 21.5 Å². The molecule has 1 heterocycles. The summed E-state index contributed by atoms with van der Waals surface area (Å²) in [5.41, 5.74) is 4.95. The normalized spacial score (nSPS) is 10.5. The van der Waals surface area contributed by atoms with E-state index in [0.29, 0.717) is 45.1 Å². The molecule has 0 saturated carbocycles. The molecule has 0 bridgehead atoms. The van der Waals surface area contributed by atoms with E-state index in [4.69, 9.17) is 18.6 Å². The quantitative estimate of drug-likeness (QED) is 0.185. The van der Waals surface area contributed by atoms with Gasteiger partial charge in [0.1, 0.15) is 28.9 Å². The molecule has 0 aliphatic rings. The Morgan fingerprint density at radius 3 is 1.98 bits per heavy atom. The molecular weight excluding hydrogens is 544 g/mol. The van der Waals surface area contributed by atoms with Crippen molar-refractivity contribution in [2.24, 2.45) is 0 Å². The number of benzene rings is 4. The van der Waals surface area contributed by atoms with Gasteiger partial charge in [0.05, 0.1) is 19.8 Å². The molecular formula is C35H28N2O6. The van der Waals surface area contributed by atoms with Gasteiger partial charge in [0.2, 0.25) is 5.88 Å². The summed E-state index contributed by atoms with van der Waals surface area (Å²) >= 11 is 0. The first kappa shape index (κ1) is 28.7. The number of nitrogens with one attached hydrogen (secondary N) is 1. The number of anilines is 1. The van der Waals surface area contributed by atoms with Crippen LogP contribution in [0, 0.1) is 18.3 Å². The Balaban J connectivity index is 1.40. The van der Waals surface area contributed by atoms with Crippen molar-refractivity contribution in [3.8, 4) is 51.1 Å². The maximum atomic E-state index is 13.0. The van der Waals surface area contributed by atoms with Gasteiger partial charge in [-0.25, -0.2) is 4.79 Å². The summed E-state index contributed by atoms with van der Waals surface area (Å²) in [5.74, 6) is 0.319. The second kappa shape index (κ2) is 12.8. The highest BCUT2D eigenvalue weighted by atomic mass is 16.5. The van der Waals surface area contributed by atoms with Crippen molar-refractivity contribution in [2.45, 2.75) is 6.92 Å². The maximum Gasteiger partial charge on any atom is 0.339 e.